The quantitative estimate of drug-likeness (QED) is 0.729. The van der Waals surface area contributed by atoms with Crippen molar-refractivity contribution in [2.45, 2.75) is 44.8 Å². The number of aliphatic carboxylic acids is 1. The largest absolute Gasteiger partial charge is 0.480 e. The van der Waals surface area contributed by atoms with Gasteiger partial charge in [-0.05, 0) is 52.2 Å². The van der Waals surface area contributed by atoms with E-state index < -0.39 is 11.5 Å². The first-order chi connectivity index (χ1) is 8.92. The molecule has 112 valence electrons. The monoisotopic (exact) mass is 272 g/mol. The lowest BCUT2D eigenvalue weighted by Crippen LogP contribution is -2.48. The molecule has 0 amide bonds. The molecule has 0 aromatic heterocycles. The minimum atomic E-state index is -0.816. The molecule has 1 aliphatic rings. The summed E-state index contributed by atoms with van der Waals surface area (Å²) < 4.78 is 5.49. The van der Waals surface area contributed by atoms with Crippen LogP contribution < -0.4 is 5.32 Å². The summed E-state index contributed by atoms with van der Waals surface area (Å²) in [5.41, 5.74) is -0.816. The van der Waals surface area contributed by atoms with E-state index in [1.807, 2.05) is 0 Å². The minimum Gasteiger partial charge on any atom is -0.480 e. The Hall–Kier alpha value is -0.650. The average Bonchev–Trinajstić information content (AvgIpc) is 2.40. The van der Waals surface area contributed by atoms with Crippen molar-refractivity contribution in [2.24, 2.45) is 5.92 Å². The Morgan fingerprint density at radius 3 is 2.79 bits per heavy atom. The molecule has 1 fully saturated rings. The lowest BCUT2D eigenvalue weighted by atomic mass is 9.94. The van der Waals surface area contributed by atoms with Gasteiger partial charge in [0.1, 0.15) is 5.54 Å². The fraction of sp³-hybridized carbons (Fsp3) is 0.929. The summed E-state index contributed by atoms with van der Waals surface area (Å²) in [5.74, 6) is -0.167. The van der Waals surface area contributed by atoms with E-state index >= 15 is 0 Å². The molecule has 1 rings (SSSR count). The molecule has 0 radical (unpaired) electrons. The van der Waals surface area contributed by atoms with Crippen LogP contribution in [0.3, 0.4) is 0 Å². The van der Waals surface area contributed by atoms with Crippen molar-refractivity contribution in [1.29, 1.82) is 0 Å². The number of hydrogen-bond donors (Lipinski definition) is 2. The fourth-order valence-electron chi connectivity index (χ4n) is 2.60. The van der Waals surface area contributed by atoms with E-state index in [4.69, 9.17) is 4.74 Å². The van der Waals surface area contributed by atoms with Crippen LogP contribution in [-0.2, 0) is 9.53 Å². The van der Waals surface area contributed by atoms with E-state index in [2.05, 4.69) is 17.1 Å². The first-order valence-corrected chi connectivity index (χ1v) is 7.10. The van der Waals surface area contributed by atoms with Crippen molar-refractivity contribution in [3.05, 3.63) is 0 Å². The number of piperidine rings is 1. The molecule has 3 atom stereocenters. The van der Waals surface area contributed by atoms with Crippen molar-refractivity contribution in [3.8, 4) is 0 Å². The maximum absolute atomic E-state index is 11.2. The molecule has 0 spiro atoms. The van der Waals surface area contributed by atoms with Gasteiger partial charge in [0.2, 0.25) is 0 Å². The van der Waals surface area contributed by atoms with E-state index in [0.717, 1.165) is 32.5 Å². The maximum Gasteiger partial charge on any atom is 0.323 e. The first-order valence-electron chi connectivity index (χ1n) is 7.10. The van der Waals surface area contributed by atoms with Crippen molar-refractivity contribution < 1.29 is 14.6 Å². The van der Waals surface area contributed by atoms with Crippen molar-refractivity contribution in [2.75, 3.05) is 33.8 Å². The second kappa shape index (κ2) is 7.22. The van der Waals surface area contributed by atoms with Gasteiger partial charge in [-0.25, -0.2) is 0 Å². The van der Waals surface area contributed by atoms with Gasteiger partial charge in [-0.3, -0.25) is 4.79 Å². The summed E-state index contributed by atoms with van der Waals surface area (Å²) >= 11 is 0. The molecule has 1 heterocycles. The topological polar surface area (TPSA) is 61.8 Å². The Morgan fingerprint density at radius 2 is 2.26 bits per heavy atom. The predicted molar refractivity (Wildman–Crippen MR) is 75.4 cm³/mol. The Labute approximate surface area is 116 Å². The van der Waals surface area contributed by atoms with E-state index in [-0.39, 0.29) is 0 Å². The third-order valence-corrected chi connectivity index (χ3v) is 4.45. The lowest BCUT2D eigenvalue weighted by Gasteiger charge is -2.36. The van der Waals surface area contributed by atoms with E-state index in [1.54, 1.807) is 21.1 Å². The van der Waals surface area contributed by atoms with Crippen LogP contribution in [0.4, 0.5) is 0 Å². The Balaban J connectivity index is 2.35. The van der Waals surface area contributed by atoms with E-state index in [0.29, 0.717) is 18.4 Å². The van der Waals surface area contributed by atoms with Gasteiger partial charge in [-0.1, -0.05) is 6.92 Å². The van der Waals surface area contributed by atoms with E-state index in [9.17, 15) is 9.90 Å². The summed E-state index contributed by atoms with van der Waals surface area (Å²) in [6, 6.07) is 0. The summed E-state index contributed by atoms with van der Waals surface area (Å²) in [6.45, 7) is 6.96. The maximum atomic E-state index is 11.2. The van der Waals surface area contributed by atoms with Crippen LogP contribution in [0, 0.1) is 5.92 Å². The first kappa shape index (κ1) is 16.4. The number of likely N-dealkylation sites (tertiary alicyclic amines) is 1. The smallest absolute Gasteiger partial charge is 0.323 e. The molecule has 0 saturated carbocycles. The number of likely N-dealkylation sites (N-methyl/N-ethyl adjacent to an activating group) is 1. The summed E-state index contributed by atoms with van der Waals surface area (Å²) in [6.07, 6.45) is 2.99. The summed E-state index contributed by atoms with van der Waals surface area (Å²) in [5, 5.41) is 12.1. The van der Waals surface area contributed by atoms with Gasteiger partial charge < -0.3 is 20.1 Å². The van der Waals surface area contributed by atoms with Crippen molar-refractivity contribution >= 4 is 5.97 Å². The van der Waals surface area contributed by atoms with E-state index in [1.165, 1.54) is 0 Å². The number of carboxylic acid groups (broad SMARTS) is 1. The van der Waals surface area contributed by atoms with Gasteiger partial charge in [0.25, 0.3) is 0 Å². The fourth-order valence-corrected chi connectivity index (χ4v) is 2.60. The number of carboxylic acids is 1. The number of nitrogens with one attached hydrogen (secondary N) is 1. The zero-order chi connectivity index (χ0) is 14.5. The molecular formula is C14H28N2O3. The van der Waals surface area contributed by atoms with Gasteiger partial charge in [0.05, 0.1) is 6.10 Å². The molecule has 1 aliphatic heterocycles. The molecule has 19 heavy (non-hydrogen) atoms. The number of hydrogen-bond acceptors (Lipinski definition) is 4. The molecule has 3 unspecified atom stereocenters. The van der Waals surface area contributed by atoms with Gasteiger partial charge in [-0.15, -0.1) is 0 Å². The number of nitrogens with zero attached hydrogens (tertiary/aromatic N) is 1. The number of methoxy groups -OCH3 is 1. The number of ether oxygens (including phenoxy) is 1. The van der Waals surface area contributed by atoms with Crippen LogP contribution >= 0.6 is 0 Å². The van der Waals surface area contributed by atoms with Crippen LogP contribution in [0.2, 0.25) is 0 Å². The third-order valence-electron chi connectivity index (χ3n) is 4.45. The minimum absolute atomic E-state index is 0.309. The van der Waals surface area contributed by atoms with Crippen molar-refractivity contribution in [1.82, 2.24) is 10.2 Å². The van der Waals surface area contributed by atoms with Gasteiger partial charge in [0.15, 0.2) is 0 Å². The highest BCUT2D eigenvalue weighted by Crippen LogP contribution is 2.20. The summed E-state index contributed by atoms with van der Waals surface area (Å²) in [4.78, 5) is 13.6. The zero-order valence-electron chi connectivity index (χ0n) is 12.6. The third kappa shape index (κ3) is 4.44. The van der Waals surface area contributed by atoms with Gasteiger partial charge in [-0.2, -0.15) is 0 Å². The number of rotatable bonds is 7. The Bertz CT molecular complexity index is 298. The molecular weight excluding hydrogens is 244 g/mol. The van der Waals surface area contributed by atoms with Gasteiger partial charge in [0, 0.05) is 13.7 Å². The van der Waals surface area contributed by atoms with Crippen LogP contribution in [0.1, 0.15) is 33.1 Å². The number of carbonyl (C=O) groups is 1. The highest BCUT2D eigenvalue weighted by molar-refractivity contribution is 5.78. The van der Waals surface area contributed by atoms with Crippen LogP contribution in [-0.4, -0.2) is 61.4 Å². The molecule has 0 aliphatic carbocycles. The highest BCUT2D eigenvalue weighted by Gasteiger charge is 2.31. The molecule has 0 aromatic rings. The average molecular weight is 272 g/mol. The normalized spacial score (nSPS) is 28.0. The molecule has 1 saturated heterocycles. The lowest BCUT2D eigenvalue weighted by molar-refractivity contribution is -0.144. The SMILES string of the molecule is CNC(C)(CCCN1CCC(C)C(OC)C1)C(=O)O. The van der Waals surface area contributed by atoms with Crippen LogP contribution in [0.25, 0.3) is 0 Å². The summed E-state index contributed by atoms with van der Waals surface area (Å²) in [7, 11) is 3.48. The van der Waals surface area contributed by atoms with Gasteiger partial charge >= 0.3 is 5.97 Å². The predicted octanol–water partition coefficient (Wildman–Crippen LogP) is 1.19. The molecule has 0 aromatic carbocycles. The molecule has 5 heteroatoms. The van der Waals surface area contributed by atoms with Crippen LogP contribution in [0.5, 0.6) is 0 Å². The highest BCUT2D eigenvalue weighted by atomic mass is 16.5. The molecule has 0 bridgehead atoms. The van der Waals surface area contributed by atoms with Crippen molar-refractivity contribution in [3.63, 3.8) is 0 Å². The zero-order valence-corrected chi connectivity index (χ0v) is 12.6. The second-order valence-corrected chi connectivity index (χ2v) is 5.83. The molecule has 5 nitrogen and oxygen atoms in total. The second-order valence-electron chi connectivity index (χ2n) is 5.83. The Morgan fingerprint density at radius 1 is 1.58 bits per heavy atom. The molecule has 2 N–H and O–H groups in total. The Kier molecular flexibility index (Phi) is 6.23. The standard InChI is InChI=1S/C14H28N2O3/c1-11-6-9-16(10-12(11)19-4)8-5-7-14(2,15-3)13(17)18/h11-12,15H,5-10H2,1-4H3,(H,17,18). The van der Waals surface area contributed by atoms with Crippen LogP contribution in [0.15, 0.2) is 0 Å².